The Hall–Kier alpha value is -2.57. The summed E-state index contributed by atoms with van der Waals surface area (Å²) in [5.74, 6) is -2.48. The third-order valence-corrected chi connectivity index (χ3v) is 3.58. The third-order valence-electron chi connectivity index (χ3n) is 3.58. The van der Waals surface area contributed by atoms with Crippen molar-refractivity contribution in [1.82, 2.24) is 15.2 Å². The van der Waals surface area contributed by atoms with Crippen LogP contribution in [0.3, 0.4) is 0 Å². The normalized spacial score (nSPS) is 25.8. The summed E-state index contributed by atoms with van der Waals surface area (Å²) in [5, 5.41) is 2.16. The van der Waals surface area contributed by atoms with Crippen molar-refractivity contribution in [3.63, 3.8) is 0 Å². The van der Waals surface area contributed by atoms with Crippen molar-refractivity contribution in [2.45, 2.75) is 19.4 Å². The van der Waals surface area contributed by atoms with E-state index in [2.05, 4.69) is 10.3 Å². The van der Waals surface area contributed by atoms with Gasteiger partial charge in [0.15, 0.2) is 0 Å². The fourth-order valence-electron chi connectivity index (χ4n) is 2.65. The number of hydrogen-bond acceptors (Lipinski definition) is 5. The number of fused-ring (bicyclic) bond motifs is 1. The van der Waals surface area contributed by atoms with Crippen LogP contribution in [-0.4, -0.2) is 39.6 Å². The molecule has 4 amide bonds. The van der Waals surface area contributed by atoms with E-state index in [1.807, 2.05) is 0 Å². The second-order valence-corrected chi connectivity index (χ2v) is 4.94. The molecule has 1 saturated heterocycles. The molecule has 2 aliphatic rings. The van der Waals surface area contributed by atoms with E-state index in [1.165, 1.54) is 18.5 Å². The van der Waals surface area contributed by atoms with Gasteiger partial charge in [0.2, 0.25) is 11.8 Å². The number of nitrogens with one attached hydrogen (secondary N) is 1. The van der Waals surface area contributed by atoms with Crippen molar-refractivity contribution in [3.05, 3.63) is 29.6 Å². The first-order valence-electron chi connectivity index (χ1n) is 6.16. The quantitative estimate of drug-likeness (QED) is 0.710. The molecule has 7 nitrogen and oxygen atoms in total. The number of pyridine rings is 1. The number of piperidine rings is 1. The van der Waals surface area contributed by atoms with Crippen molar-refractivity contribution in [3.8, 4) is 0 Å². The summed E-state index contributed by atoms with van der Waals surface area (Å²) in [6.45, 7) is 1.67. The van der Waals surface area contributed by atoms with E-state index in [4.69, 9.17) is 0 Å². The zero-order chi connectivity index (χ0) is 14.4. The molecular formula is C13H11N3O4. The van der Waals surface area contributed by atoms with Gasteiger partial charge in [0.05, 0.1) is 11.1 Å². The minimum atomic E-state index is -0.958. The van der Waals surface area contributed by atoms with Crippen molar-refractivity contribution < 1.29 is 19.2 Å². The number of hydrogen-bond donors (Lipinski definition) is 1. The van der Waals surface area contributed by atoms with Crippen LogP contribution in [0.2, 0.25) is 0 Å². The number of aromatic nitrogens is 1. The number of amides is 4. The predicted molar refractivity (Wildman–Crippen MR) is 65.5 cm³/mol. The SMILES string of the molecule is CC1CC(=O)NC(=O)C1N1C(=O)c2ccncc2C1=O. The van der Waals surface area contributed by atoms with E-state index in [-0.39, 0.29) is 17.5 Å². The van der Waals surface area contributed by atoms with Crippen molar-refractivity contribution >= 4 is 23.6 Å². The van der Waals surface area contributed by atoms with Gasteiger partial charge >= 0.3 is 0 Å². The molecule has 1 N–H and O–H groups in total. The van der Waals surface area contributed by atoms with Crippen LogP contribution in [-0.2, 0) is 9.59 Å². The molecule has 0 aromatic carbocycles. The molecule has 0 aliphatic carbocycles. The van der Waals surface area contributed by atoms with Gasteiger partial charge in [0, 0.05) is 18.8 Å². The zero-order valence-electron chi connectivity index (χ0n) is 10.6. The fourth-order valence-corrected chi connectivity index (χ4v) is 2.65. The van der Waals surface area contributed by atoms with Gasteiger partial charge in [-0.2, -0.15) is 0 Å². The first-order chi connectivity index (χ1) is 9.50. The lowest BCUT2D eigenvalue weighted by molar-refractivity contribution is -0.138. The summed E-state index contributed by atoms with van der Waals surface area (Å²) in [7, 11) is 0. The van der Waals surface area contributed by atoms with Gasteiger partial charge in [-0.3, -0.25) is 34.4 Å². The molecule has 0 spiro atoms. The molecule has 3 heterocycles. The Kier molecular flexibility index (Phi) is 2.63. The maximum absolute atomic E-state index is 12.3. The number of carbonyl (C=O) groups is 4. The van der Waals surface area contributed by atoms with E-state index in [0.717, 1.165) is 4.90 Å². The summed E-state index contributed by atoms with van der Waals surface area (Å²) in [6, 6.07) is 0.492. The van der Waals surface area contributed by atoms with Gasteiger partial charge in [0.25, 0.3) is 11.8 Å². The highest BCUT2D eigenvalue weighted by Crippen LogP contribution is 2.29. The standard InChI is InChI=1S/C13H11N3O4/c1-6-4-9(17)15-11(18)10(6)16-12(19)7-2-3-14-5-8(7)13(16)20/h2-3,5-6,10H,4H2,1H3,(H,15,17,18). The highest BCUT2D eigenvalue weighted by atomic mass is 16.2. The number of carbonyl (C=O) groups excluding carboxylic acids is 4. The van der Waals surface area contributed by atoms with E-state index in [0.29, 0.717) is 0 Å². The van der Waals surface area contributed by atoms with Crippen LogP contribution in [0, 0.1) is 5.92 Å². The van der Waals surface area contributed by atoms with Crippen LogP contribution < -0.4 is 5.32 Å². The lowest BCUT2D eigenvalue weighted by atomic mass is 9.92. The molecule has 102 valence electrons. The van der Waals surface area contributed by atoms with Gasteiger partial charge in [0.1, 0.15) is 6.04 Å². The van der Waals surface area contributed by atoms with E-state index in [1.54, 1.807) is 6.92 Å². The Labute approximate surface area is 114 Å². The Bertz CT molecular complexity index is 620. The number of rotatable bonds is 1. The molecule has 2 atom stereocenters. The minimum Gasteiger partial charge on any atom is -0.295 e. The molecule has 7 heteroatoms. The van der Waals surface area contributed by atoms with E-state index >= 15 is 0 Å². The van der Waals surface area contributed by atoms with Crippen LogP contribution >= 0.6 is 0 Å². The largest absolute Gasteiger partial charge is 0.295 e. The summed E-state index contributed by atoms with van der Waals surface area (Å²) < 4.78 is 0. The van der Waals surface area contributed by atoms with Crippen LogP contribution in [0.15, 0.2) is 18.5 Å². The maximum atomic E-state index is 12.3. The fraction of sp³-hybridized carbons (Fsp3) is 0.308. The van der Waals surface area contributed by atoms with Crippen LogP contribution in [0.5, 0.6) is 0 Å². The molecule has 2 unspecified atom stereocenters. The molecule has 1 aromatic rings. The molecule has 0 bridgehead atoms. The molecule has 3 rings (SSSR count). The van der Waals surface area contributed by atoms with Crippen LogP contribution in [0.25, 0.3) is 0 Å². The van der Waals surface area contributed by atoms with Crippen LogP contribution in [0.4, 0.5) is 0 Å². The summed E-state index contributed by atoms with van der Waals surface area (Å²) >= 11 is 0. The summed E-state index contributed by atoms with van der Waals surface area (Å²) in [4.78, 5) is 52.6. The molecule has 2 aliphatic heterocycles. The third kappa shape index (κ3) is 1.63. The Morgan fingerprint density at radius 1 is 1.20 bits per heavy atom. The van der Waals surface area contributed by atoms with E-state index < -0.39 is 35.6 Å². The number of nitrogens with zero attached hydrogens (tertiary/aromatic N) is 2. The second kappa shape index (κ2) is 4.22. The number of imide groups is 2. The lowest BCUT2D eigenvalue weighted by Crippen LogP contribution is -2.58. The summed E-state index contributed by atoms with van der Waals surface area (Å²) in [6.07, 6.45) is 2.83. The van der Waals surface area contributed by atoms with Crippen molar-refractivity contribution in [2.24, 2.45) is 5.92 Å². The van der Waals surface area contributed by atoms with Crippen molar-refractivity contribution in [1.29, 1.82) is 0 Å². The Morgan fingerprint density at radius 3 is 2.55 bits per heavy atom. The van der Waals surface area contributed by atoms with Gasteiger partial charge < -0.3 is 0 Å². The monoisotopic (exact) mass is 273 g/mol. The topological polar surface area (TPSA) is 96.4 Å². The average molecular weight is 273 g/mol. The highest BCUT2D eigenvalue weighted by Gasteiger charge is 2.47. The average Bonchev–Trinajstić information content (AvgIpc) is 2.64. The summed E-state index contributed by atoms with van der Waals surface area (Å²) in [5.41, 5.74) is 0.427. The maximum Gasteiger partial charge on any atom is 0.263 e. The van der Waals surface area contributed by atoms with Gasteiger partial charge in [-0.25, -0.2) is 0 Å². The smallest absolute Gasteiger partial charge is 0.263 e. The van der Waals surface area contributed by atoms with Crippen molar-refractivity contribution in [2.75, 3.05) is 0 Å². The highest BCUT2D eigenvalue weighted by molar-refractivity contribution is 6.23. The first-order valence-corrected chi connectivity index (χ1v) is 6.16. The van der Waals surface area contributed by atoms with E-state index in [9.17, 15) is 19.2 Å². The molecule has 20 heavy (non-hydrogen) atoms. The molecule has 0 radical (unpaired) electrons. The predicted octanol–water partition coefficient (Wildman–Crippen LogP) is -0.271. The Balaban J connectivity index is 2.00. The molecule has 1 aromatic heterocycles. The zero-order valence-corrected chi connectivity index (χ0v) is 10.6. The lowest BCUT2D eigenvalue weighted by Gasteiger charge is -2.32. The van der Waals surface area contributed by atoms with Crippen LogP contribution in [0.1, 0.15) is 34.1 Å². The second-order valence-electron chi connectivity index (χ2n) is 4.94. The van der Waals surface area contributed by atoms with Gasteiger partial charge in [-0.15, -0.1) is 0 Å². The minimum absolute atomic E-state index is 0.0993. The Morgan fingerprint density at radius 2 is 1.90 bits per heavy atom. The first kappa shape index (κ1) is 12.5. The van der Waals surface area contributed by atoms with Gasteiger partial charge in [-0.05, 0) is 12.0 Å². The molecular weight excluding hydrogens is 262 g/mol. The van der Waals surface area contributed by atoms with Gasteiger partial charge in [-0.1, -0.05) is 6.92 Å². The molecule has 0 saturated carbocycles. The molecule has 1 fully saturated rings.